The van der Waals surface area contributed by atoms with Gasteiger partial charge in [0, 0.05) is 82.5 Å². The summed E-state index contributed by atoms with van der Waals surface area (Å²) < 4.78 is 6.13. The van der Waals surface area contributed by atoms with Crippen LogP contribution in [0.25, 0.3) is 0 Å². The quantitative estimate of drug-likeness (QED) is 0.314. The fourth-order valence-corrected chi connectivity index (χ4v) is 9.32. The van der Waals surface area contributed by atoms with E-state index in [1.165, 1.54) is 4.90 Å². The van der Waals surface area contributed by atoms with Gasteiger partial charge in [0.2, 0.25) is 5.91 Å². The molecule has 4 amide bonds. The van der Waals surface area contributed by atoms with E-state index in [0.717, 1.165) is 75.6 Å². The summed E-state index contributed by atoms with van der Waals surface area (Å²) in [5, 5.41) is 17.6. The summed E-state index contributed by atoms with van der Waals surface area (Å²) >= 11 is 6.18. The molecular formula is C41H46ClN9O5. The average molecular weight is 780 g/mol. The first-order chi connectivity index (χ1) is 27.1. The molecule has 0 spiro atoms. The number of benzene rings is 2. The summed E-state index contributed by atoms with van der Waals surface area (Å²) in [5.41, 5.74) is 8.58. The number of primary amides is 1. The highest BCUT2D eigenvalue weighted by atomic mass is 35.5. The molecule has 5 aliphatic rings. The molecule has 0 bridgehead atoms. The molecule has 1 atom stereocenters. The summed E-state index contributed by atoms with van der Waals surface area (Å²) in [6.07, 6.45) is 5.13. The number of rotatable bonds is 9. The fourth-order valence-electron chi connectivity index (χ4n) is 9.11. The zero-order valence-corrected chi connectivity index (χ0v) is 32.1. The number of piperazine rings is 1. The lowest BCUT2D eigenvalue weighted by Crippen LogP contribution is -2.58. The van der Waals surface area contributed by atoms with E-state index in [1.807, 2.05) is 24.3 Å². The molecule has 5 heterocycles. The van der Waals surface area contributed by atoms with E-state index >= 15 is 0 Å². The Hall–Kier alpha value is -5.10. The molecule has 4 aliphatic heterocycles. The van der Waals surface area contributed by atoms with E-state index in [9.17, 15) is 19.2 Å². The van der Waals surface area contributed by atoms with Gasteiger partial charge in [-0.3, -0.25) is 33.9 Å². The Bertz CT molecular complexity index is 2030. The number of nitrogens with two attached hydrogens (primary N) is 1. The standard InChI is InChI=1S/C41H46ClN9O5/c42-34-22-32(5-2-27(34)23-43)56-31-6-3-30(4-7-31)51-38(52)12-10-36(41(51)55)50-25-28-21-26(1-8-33(28)40(50)54)24-47-17-19-48(20-18-47)29-13-15-49(16-14-29)37-11-9-35(39(44)53)45-46-37/h1-2,5,8-9,11,21-22,29-31,36H,3-4,6-7,10,12-20,24-25H2,(H2,44,53). The third-order valence-electron chi connectivity index (χ3n) is 12.2. The van der Waals surface area contributed by atoms with Crippen LogP contribution in [0.2, 0.25) is 5.02 Å². The predicted molar refractivity (Wildman–Crippen MR) is 207 cm³/mol. The largest absolute Gasteiger partial charge is 0.490 e. The number of nitrogens with zero attached hydrogens (tertiary/aromatic N) is 8. The second-order valence-corrected chi connectivity index (χ2v) is 16.0. The van der Waals surface area contributed by atoms with Gasteiger partial charge in [0.15, 0.2) is 11.5 Å². The topological polar surface area (TPSA) is 169 Å². The number of halogens is 1. The van der Waals surface area contributed by atoms with Crippen LogP contribution in [0.1, 0.15) is 88.9 Å². The summed E-state index contributed by atoms with van der Waals surface area (Å²) in [6, 6.07) is 16.2. The molecule has 56 heavy (non-hydrogen) atoms. The number of anilines is 1. The molecule has 3 aromatic rings. The minimum Gasteiger partial charge on any atom is -0.490 e. The smallest absolute Gasteiger partial charge is 0.269 e. The van der Waals surface area contributed by atoms with Crippen molar-refractivity contribution in [3.05, 3.63) is 81.5 Å². The Balaban J connectivity index is 0.814. The maximum Gasteiger partial charge on any atom is 0.269 e. The molecule has 14 nitrogen and oxygen atoms in total. The molecule has 2 aromatic carbocycles. The lowest BCUT2D eigenvalue weighted by molar-refractivity contribution is -0.156. The van der Waals surface area contributed by atoms with E-state index in [1.54, 1.807) is 29.2 Å². The summed E-state index contributed by atoms with van der Waals surface area (Å²) in [4.78, 5) is 62.6. The molecule has 292 valence electrons. The van der Waals surface area contributed by atoms with Crippen LogP contribution in [0.5, 0.6) is 5.75 Å². The molecule has 8 rings (SSSR count). The van der Waals surface area contributed by atoms with Crippen LogP contribution in [0.15, 0.2) is 48.5 Å². The van der Waals surface area contributed by atoms with E-state index in [-0.39, 0.29) is 42.0 Å². The second-order valence-electron chi connectivity index (χ2n) is 15.6. The van der Waals surface area contributed by atoms with Gasteiger partial charge in [-0.1, -0.05) is 23.7 Å². The number of piperidine rings is 2. The Morgan fingerprint density at radius 2 is 1.64 bits per heavy atom. The third kappa shape index (κ3) is 7.80. The van der Waals surface area contributed by atoms with E-state index < -0.39 is 11.9 Å². The van der Waals surface area contributed by atoms with Gasteiger partial charge in [-0.15, -0.1) is 10.2 Å². The number of likely N-dealkylation sites (tertiary alicyclic amines) is 1. The number of imide groups is 1. The van der Waals surface area contributed by atoms with Crippen molar-refractivity contribution in [3.8, 4) is 11.8 Å². The maximum absolute atomic E-state index is 14.0. The Labute approximate surface area is 331 Å². The van der Waals surface area contributed by atoms with Crippen LogP contribution < -0.4 is 15.4 Å². The van der Waals surface area contributed by atoms with Crippen LogP contribution in [0, 0.1) is 11.3 Å². The summed E-state index contributed by atoms with van der Waals surface area (Å²) in [6.45, 7) is 6.83. The zero-order chi connectivity index (χ0) is 38.9. The van der Waals surface area contributed by atoms with Crippen molar-refractivity contribution in [3.63, 3.8) is 0 Å². The summed E-state index contributed by atoms with van der Waals surface area (Å²) in [5.74, 6) is 0.192. The van der Waals surface area contributed by atoms with Crippen molar-refractivity contribution in [2.45, 2.75) is 88.7 Å². The first-order valence-electron chi connectivity index (χ1n) is 19.6. The highest BCUT2D eigenvalue weighted by Crippen LogP contribution is 2.35. The van der Waals surface area contributed by atoms with Crippen molar-refractivity contribution in [2.24, 2.45) is 5.73 Å². The van der Waals surface area contributed by atoms with Crippen molar-refractivity contribution >= 4 is 41.0 Å². The van der Waals surface area contributed by atoms with Crippen LogP contribution in [-0.4, -0.2) is 117 Å². The highest BCUT2D eigenvalue weighted by molar-refractivity contribution is 6.31. The number of hydrogen-bond donors (Lipinski definition) is 1. The van der Waals surface area contributed by atoms with Gasteiger partial charge in [0.05, 0.1) is 16.7 Å². The number of hydrogen-bond acceptors (Lipinski definition) is 11. The number of aromatic nitrogens is 2. The van der Waals surface area contributed by atoms with Gasteiger partial charge in [-0.05, 0) is 86.4 Å². The van der Waals surface area contributed by atoms with Crippen LogP contribution in [0.3, 0.4) is 0 Å². The minimum atomic E-state index is -0.666. The number of carbonyl (C=O) groups excluding carboxylic acids is 4. The Kier molecular flexibility index (Phi) is 10.9. The number of carbonyl (C=O) groups is 4. The molecule has 4 fully saturated rings. The van der Waals surface area contributed by atoms with E-state index in [0.29, 0.717) is 66.6 Å². The first-order valence-corrected chi connectivity index (χ1v) is 20.0. The number of nitriles is 1. The first kappa shape index (κ1) is 37.8. The SMILES string of the molecule is N#Cc1ccc(OC2CCC(N3C(=O)CCC(N4Cc5cc(CN6CCN(C7CCN(c8ccc(C(N)=O)nn8)CC7)CC6)ccc5C4=O)C3=O)CC2)cc1Cl. The van der Waals surface area contributed by atoms with Crippen molar-refractivity contribution < 1.29 is 23.9 Å². The predicted octanol–water partition coefficient (Wildman–Crippen LogP) is 3.75. The van der Waals surface area contributed by atoms with Gasteiger partial charge >= 0.3 is 0 Å². The van der Waals surface area contributed by atoms with Gasteiger partial charge in [0.1, 0.15) is 17.9 Å². The lowest BCUT2D eigenvalue weighted by atomic mass is 9.89. The zero-order valence-electron chi connectivity index (χ0n) is 31.3. The third-order valence-corrected chi connectivity index (χ3v) is 12.5. The highest BCUT2D eigenvalue weighted by Gasteiger charge is 2.45. The van der Waals surface area contributed by atoms with Gasteiger partial charge in [-0.25, -0.2) is 0 Å². The molecule has 3 saturated heterocycles. The van der Waals surface area contributed by atoms with Crippen LogP contribution >= 0.6 is 11.6 Å². The second kappa shape index (κ2) is 16.2. The van der Waals surface area contributed by atoms with Crippen molar-refractivity contribution in [1.82, 2.24) is 29.8 Å². The molecule has 2 N–H and O–H groups in total. The molecule has 1 aliphatic carbocycles. The Morgan fingerprint density at radius 3 is 2.32 bits per heavy atom. The average Bonchev–Trinajstić information content (AvgIpc) is 3.53. The number of fused-ring (bicyclic) bond motifs is 1. The van der Waals surface area contributed by atoms with Gasteiger partial charge in [0.25, 0.3) is 17.7 Å². The lowest BCUT2D eigenvalue weighted by Gasteiger charge is -2.43. The van der Waals surface area contributed by atoms with Crippen LogP contribution in [0.4, 0.5) is 5.82 Å². The molecule has 0 radical (unpaired) electrons. The number of amides is 4. The maximum atomic E-state index is 14.0. The Morgan fingerprint density at radius 1 is 0.875 bits per heavy atom. The minimum absolute atomic E-state index is 0.0869. The van der Waals surface area contributed by atoms with Crippen molar-refractivity contribution in [2.75, 3.05) is 44.2 Å². The monoisotopic (exact) mass is 779 g/mol. The van der Waals surface area contributed by atoms with Crippen LogP contribution in [-0.2, 0) is 22.7 Å². The molecule has 1 aromatic heterocycles. The molecule has 1 saturated carbocycles. The summed E-state index contributed by atoms with van der Waals surface area (Å²) in [7, 11) is 0. The van der Waals surface area contributed by atoms with Gasteiger partial charge in [-0.2, -0.15) is 5.26 Å². The molecule has 1 unspecified atom stereocenters. The number of ether oxygens (including phenoxy) is 1. The van der Waals surface area contributed by atoms with E-state index in [4.69, 9.17) is 27.3 Å². The normalized spacial score (nSPS) is 24.0. The van der Waals surface area contributed by atoms with E-state index in [2.05, 4.69) is 31.0 Å². The van der Waals surface area contributed by atoms with Crippen molar-refractivity contribution in [1.29, 1.82) is 5.26 Å². The fraction of sp³-hybridized carbons (Fsp3) is 0.488. The molecular weight excluding hydrogens is 734 g/mol. The molecule has 15 heteroatoms. The van der Waals surface area contributed by atoms with Gasteiger partial charge < -0.3 is 20.3 Å².